The van der Waals surface area contributed by atoms with E-state index in [0.29, 0.717) is 36.7 Å². The van der Waals surface area contributed by atoms with Crippen LogP contribution in [0.4, 0.5) is 5.69 Å². The zero-order chi connectivity index (χ0) is 16.9. The van der Waals surface area contributed by atoms with Crippen molar-refractivity contribution >= 4 is 21.6 Å². The van der Waals surface area contributed by atoms with E-state index < -0.39 is 10.0 Å². The molecule has 23 heavy (non-hydrogen) atoms. The van der Waals surface area contributed by atoms with Crippen LogP contribution in [-0.4, -0.2) is 34.1 Å². The van der Waals surface area contributed by atoms with Crippen LogP contribution < -0.4 is 10.0 Å². The topological polar surface area (TPSA) is 84.5 Å². The molecule has 0 aliphatic heterocycles. The average Bonchev–Trinajstić information content (AvgIpc) is 3.28. The third-order valence-corrected chi connectivity index (χ3v) is 5.21. The zero-order valence-corrected chi connectivity index (χ0v) is 14.4. The molecule has 0 bridgehead atoms. The van der Waals surface area contributed by atoms with Gasteiger partial charge in [-0.25, -0.2) is 13.1 Å². The van der Waals surface area contributed by atoms with E-state index in [1.165, 1.54) is 25.8 Å². The molecule has 7 heteroatoms. The van der Waals surface area contributed by atoms with Crippen molar-refractivity contribution in [3.63, 3.8) is 0 Å². The van der Waals surface area contributed by atoms with Gasteiger partial charge in [-0.1, -0.05) is 6.07 Å². The number of amides is 1. The minimum Gasteiger partial charge on any atom is -0.381 e. The van der Waals surface area contributed by atoms with Gasteiger partial charge in [-0.3, -0.25) is 4.79 Å². The highest BCUT2D eigenvalue weighted by Crippen LogP contribution is 2.28. The summed E-state index contributed by atoms with van der Waals surface area (Å²) in [6.45, 7) is 4.78. The Morgan fingerprint density at radius 2 is 2.09 bits per heavy atom. The molecule has 1 aromatic carbocycles. The van der Waals surface area contributed by atoms with Gasteiger partial charge in [-0.2, -0.15) is 0 Å². The first-order valence-corrected chi connectivity index (χ1v) is 9.32. The summed E-state index contributed by atoms with van der Waals surface area (Å²) in [5.41, 5.74) is 1.10. The summed E-state index contributed by atoms with van der Waals surface area (Å²) in [6.07, 6.45) is 3.13. The standard InChI is InChI=1S/C16H24N2O4S/c1-12-4-7-15(18-13(2)19)10-16(12)23(20,21)17-8-3-9-22-11-14-5-6-14/h4,7,10,14,17H,3,5-6,8-9,11H2,1-2H3,(H,18,19). The molecule has 1 aromatic rings. The van der Waals surface area contributed by atoms with E-state index in [1.54, 1.807) is 19.1 Å². The molecule has 0 saturated heterocycles. The summed E-state index contributed by atoms with van der Waals surface area (Å²) in [4.78, 5) is 11.3. The molecule has 1 aliphatic rings. The molecule has 2 rings (SSSR count). The minimum absolute atomic E-state index is 0.183. The number of carbonyl (C=O) groups is 1. The SMILES string of the molecule is CC(=O)Nc1ccc(C)c(S(=O)(=O)NCCCOCC2CC2)c1. The lowest BCUT2D eigenvalue weighted by molar-refractivity contribution is -0.114. The summed E-state index contributed by atoms with van der Waals surface area (Å²) in [5, 5.41) is 2.59. The van der Waals surface area contributed by atoms with E-state index in [9.17, 15) is 13.2 Å². The van der Waals surface area contributed by atoms with Gasteiger partial charge < -0.3 is 10.1 Å². The molecule has 0 heterocycles. The quantitative estimate of drug-likeness (QED) is 0.674. The van der Waals surface area contributed by atoms with Crippen LogP contribution in [-0.2, 0) is 19.6 Å². The lowest BCUT2D eigenvalue weighted by Gasteiger charge is -2.11. The number of aryl methyl sites for hydroxylation is 1. The molecule has 1 saturated carbocycles. The largest absolute Gasteiger partial charge is 0.381 e. The Morgan fingerprint density at radius 1 is 1.35 bits per heavy atom. The highest BCUT2D eigenvalue weighted by molar-refractivity contribution is 7.89. The average molecular weight is 340 g/mol. The number of hydrogen-bond donors (Lipinski definition) is 2. The van der Waals surface area contributed by atoms with Crippen LogP contribution in [0.25, 0.3) is 0 Å². The summed E-state index contributed by atoms with van der Waals surface area (Å²) in [5.74, 6) is 0.476. The summed E-state index contributed by atoms with van der Waals surface area (Å²) >= 11 is 0. The molecule has 128 valence electrons. The van der Waals surface area contributed by atoms with E-state index in [-0.39, 0.29) is 10.8 Å². The van der Waals surface area contributed by atoms with E-state index in [0.717, 1.165) is 6.61 Å². The Morgan fingerprint density at radius 3 is 2.74 bits per heavy atom. The van der Waals surface area contributed by atoms with Gasteiger partial charge in [0.25, 0.3) is 0 Å². The summed E-state index contributed by atoms with van der Waals surface area (Å²) in [6, 6.07) is 4.84. The molecular weight excluding hydrogens is 316 g/mol. The second-order valence-corrected chi connectivity index (χ2v) is 7.67. The minimum atomic E-state index is -3.60. The van der Waals surface area contributed by atoms with Gasteiger partial charge in [0.2, 0.25) is 15.9 Å². The molecule has 2 N–H and O–H groups in total. The Bertz CT molecular complexity index is 654. The Balaban J connectivity index is 1.88. The third kappa shape index (κ3) is 5.93. The molecule has 6 nitrogen and oxygen atoms in total. The number of benzene rings is 1. The Labute approximate surface area is 137 Å². The fourth-order valence-corrected chi connectivity index (χ4v) is 3.51. The first kappa shape index (κ1) is 17.9. The van der Waals surface area contributed by atoms with Crippen LogP contribution in [0, 0.1) is 12.8 Å². The number of sulfonamides is 1. The van der Waals surface area contributed by atoms with E-state index in [4.69, 9.17) is 4.74 Å². The van der Waals surface area contributed by atoms with Gasteiger partial charge in [0.05, 0.1) is 4.90 Å². The summed E-state index contributed by atoms with van der Waals surface area (Å²) < 4.78 is 32.8. The normalized spacial score (nSPS) is 14.7. The number of rotatable bonds is 9. The van der Waals surface area contributed by atoms with Gasteiger partial charge >= 0.3 is 0 Å². The van der Waals surface area contributed by atoms with Crippen molar-refractivity contribution in [1.82, 2.24) is 4.72 Å². The Kier molecular flexibility index (Phi) is 6.15. The molecular formula is C16H24N2O4S. The van der Waals surface area contributed by atoms with Crippen LogP contribution >= 0.6 is 0 Å². The Hall–Kier alpha value is -1.44. The molecule has 1 aliphatic carbocycles. The lowest BCUT2D eigenvalue weighted by Crippen LogP contribution is -2.26. The monoisotopic (exact) mass is 340 g/mol. The van der Waals surface area contributed by atoms with Gasteiger partial charge in [0.1, 0.15) is 0 Å². The third-order valence-electron chi connectivity index (χ3n) is 3.61. The van der Waals surface area contributed by atoms with Crippen molar-refractivity contribution in [3.8, 4) is 0 Å². The highest BCUT2D eigenvalue weighted by atomic mass is 32.2. The van der Waals surface area contributed by atoms with Crippen LogP contribution in [0.1, 0.15) is 31.7 Å². The van der Waals surface area contributed by atoms with Crippen molar-refractivity contribution in [1.29, 1.82) is 0 Å². The van der Waals surface area contributed by atoms with E-state index >= 15 is 0 Å². The van der Waals surface area contributed by atoms with Crippen molar-refractivity contribution in [2.24, 2.45) is 5.92 Å². The maximum absolute atomic E-state index is 12.4. The lowest BCUT2D eigenvalue weighted by atomic mass is 10.2. The fourth-order valence-electron chi connectivity index (χ4n) is 2.16. The molecule has 0 radical (unpaired) electrons. The molecule has 1 fully saturated rings. The maximum atomic E-state index is 12.4. The van der Waals surface area contributed by atoms with Crippen LogP contribution in [0.15, 0.2) is 23.1 Å². The molecule has 0 atom stereocenters. The van der Waals surface area contributed by atoms with Gasteiger partial charge in [-0.15, -0.1) is 0 Å². The predicted octanol–water partition coefficient (Wildman–Crippen LogP) is 2.05. The van der Waals surface area contributed by atoms with Gasteiger partial charge in [0.15, 0.2) is 0 Å². The van der Waals surface area contributed by atoms with E-state index in [1.807, 2.05) is 0 Å². The van der Waals surface area contributed by atoms with E-state index in [2.05, 4.69) is 10.0 Å². The number of anilines is 1. The van der Waals surface area contributed by atoms with Crippen molar-refractivity contribution in [3.05, 3.63) is 23.8 Å². The molecule has 0 unspecified atom stereocenters. The van der Waals surface area contributed by atoms with Gasteiger partial charge in [0, 0.05) is 32.4 Å². The van der Waals surface area contributed by atoms with Gasteiger partial charge in [-0.05, 0) is 49.8 Å². The smallest absolute Gasteiger partial charge is 0.240 e. The maximum Gasteiger partial charge on any atom is 0.240 e. The zero-order valence-electron chi connectivity index (χ0n) is 13.6. The number of carbonyl (C=O) groups excluding carboxylic acids is 1. The number of nitrogens with one attached hydrogen (secondary N) is 2. The fraction of sp³-hybridized carbons (Fsp3) is 0.562. The molecule has 1 amide bonds. The van der Waals surface area contributed by atoms with Crippen LogP contribution in [0.5, 0.6) is 0 Å². The summed E-state index contributed by atoms with van der Waals surface area (Å²) in [7, 11) is -3.60. The second kappa shape index (κ2) is 7.90. The van der Waals surface area contributed by atoms with Crippen molar-refractivity contribution < 1.29 is 17.9 Å². The first-order valence-electron chi connectivity index (χ1n) is 7.84. The van der Waals surface area contributed by atoms with Crippen LogP contribution in [0.2, 0.25) is 0 Å². The number of hydrogen-bond acceptors (Lipinski definition) is 4. The highest BCUT2D eigenvalue weighted by Gasteiger charge is 2.21. The first-order chi connectivity index (χ1) is 10.9. The van der Waals surface area contributed by atoms with Crippen molar-refractivity contribution in [2.45, 2.75) is 38.0 Å². The molecule has 0 aromatic heterocycles. The van der Waals surface area contributed by atoms with Crippen molar-refractivity contribution in [2.75, 3.05) is 25.1 Å². The van der Waals surface area contributed by atoms with Crippen LogP contribution in [0.3, 0.4) is 0 Å². The number of ether oxygens (including phenoxy) is 1. The predicted molar refractivity (Wildman–Crippen MR) is 88.8 cm³/mol. The second-order valence-electron chi connectivity index (χ2n) is 5.93. The molecule has 0 spiro atoms.